The van der Waals surface area contributed by atoms with Crippen molar-refractivity contribution in [2.45, 2.75) is 52.5 Å². The number of rotatable bonds is 6. The third kappa shape index (κ3) is 4.20. The predicted molar refractivity (Wildman–Crippen MR) is 73.9 cm³/mol. The van der Waals surface area contributed by atoms with E-state index in [1.807, 2.05) is 20.8 Å². The molecular formula is C14H26N2O3. The molecule has 0 aromatic carbocycles. The lowest BCUT2D eigenvalue weighted by molar-refractivity contribution is -0.155. The number of carboxylic acid groups (broad SMARTS) is 1. The number of piperidine rings is 1. The molecule has 0 aromatic rings. The molecule has 0 saturated carbocycles. The van der Waals surface area contributed by atoms with Gasteiger partial charge in [-0.2, -0.15) is 0 Å². The molecule has 1 rings (SSSR count). The Bertz CT molecular complexity index is 331. The first-order valence-corrected chi connectivity index (χ1v) is 7.16. The van der Waals surface area contributed by atoms with Gasteiger partial charge in [0.15, 0.2) is 0 Å². The van der Waals surface area contributed by atoms with E-state index in [0.29, 0.717) is 44.9 Å². The quantitative estimate of drug-likeness (QED) is 0.767. The summed E-state index contributed by atoms with van der Waals surface area (Å²) in [6, 6.07) is 0.364. The predicted octanol–water partition coefficient (Wildman–Crippen LogP) is 1.48. The van der Waals surface area contributed by atoms with Crippen molar-refractivity contribution in [3.05, 3.63) is 0 Å². The maximum absolute atomic E-state index is 12.1. The first-order chi connectivity index (χ1) is 8.91. The van der Waals surface area contributed by atoms with Crippen LogP contribution in [0.3, 0.4) is 0 Å². The van der Waals surface area contributed by atoms with E-state index in [2.05, 4.69) is 5.32 Å². The third-order valence-corrected chi connectivity index (χ3v) is 3.95. The summed E-state index contributed by atoms with van der Waals surface area (Å²) in [5.41, 5.74) is -0.737. The van der Waals surface area contributed by atoms with Gasteiger partial charge in [0, 0.05) is 32.1 Å². The summed E-state index contributed by atoms with van der Waals surface area (Å²) in [5, 5.41) is 12.6. The topological polar surface area (TPSA) is 69.6 Å². The van der Waals surface area contributed by atoms with Gasteiger partial charge >= 0.3 is 5.97 Å². The molecule has 0 aromatic heterocycles. The van der Waals surface area contributed by atoms with Crippen LogP contribution in [0.25, 0.3) is 0 Å². The number of likely N-dealkylation sites (tertiary alicyclic amines) is 1. The Morgan fingerprint density at radius 3 is 2.63 bits per heavy atom. The van der Waals surface area contributed by atoms with Crippen molar-refractivity contribution < 1.29 is 14.7 Å². The molecule has 1 atom stereocenters. The van der Waals surface area contributed by atoms with Gasteiger partial charge in [-0.05, 0) is 19.3 Å². The summed E-state index contributed by atoms with van der Waals surface area (Å²) in [6.45, 7) is 7.67. The summed E-state index contributed by atoms with van der Waals surface area (Å²) in [7, 11) is 0. The van der Waals surface area contributed by atoms with Gasteiger partial charge in [0.2, 0.25) is 5.91 Å². The highest BCUT2D eigenvalue weighted by Crippen LogP contribution is 2.33. The molecule has 2 N–H and O–H groups in total. The molecule has 110 valence electrons. The Kier molecular flexibility index (Phi) is 5.79. The summed E-state index contributed by atoms with van der Waals surface area (Å²) in [4.78, 5) is 25.3. The molecular weight excluding hydrogens is 244 g/mol. The van der Waals surface area contributed by atoms with Crippen LogP contribution in [0.5, 0.6) is 0 Å². The summed E-state index contributed by atoms with van der Waals surface area (Å²) >= 11 is 0. The Morgan fingerprint density at radius 1 is 1.42 bits per heavy atom. The molecule has 1 amide bonds. The van der Waals surface area contributed by atoms with Crippen LogP contribution in [0.2, 0.25) is 0 Å². The van der Waals surface area contributed by atoms with E-state index in [0.717, 1.165) is 6.42 Å². The fourth-order valence-corrected chi connectivity index (χ4v) is 2.58. The van der Waals surface area contributed by atoms with Gasteiger partial charge in [-0.3, -0.25) is 9.59 Å². The van der Waals surface area contributed by atoms with E-state index >= 15 is 0 Å². The van der Waals surface area contributed by atoms with Crippen molar-refractivity contribution in [3.8, 4) is 0 Å². The molecule has 0 radical (unpaired) electrons. The number of carboxylic acids is 1. The number of amides is 1. The van der Waals surface area contributed by atoms with Gasteiger partial charge in [0.1, 0.15) is 0 Å². The van der Waals surface area contributed by atoms with E-state index in [9.17, 15) is 14.7 Å². The first-order valence-electron chi connectivity index (χ1n) is 7.16. The molecule has 1 unspecified atom stereocenters. The fourth-order valence-electron chi connectivity index (χ4n) is 2.58. The van der Waals surface area contributed by atoms with Crippen LogP contribution < -0.4 is 5.32 Å². The minimum atomic E-state index is -0.771. The van der Waals surface area contributed by atoms with Crippen LogP contribution in [0.4, 0.5) is 0 Å². The normalized spacial score (nSPS) is 23.7. The molecule has 0 bridgehead atoms. The van der Waals surface area contributed by atoms with E-state index in [4.69, 9.17) is 0 Å². The Balaban J connectivity index is 2.54. The van der Waals surface area contributed by atoms with Gasteiger partial charge in [-0.1, -0.05) is 20.8 Å². The zero-order chi connectivity index (χ0) is 14.5. The van der Waals surface area contributed by atoms with Crippen molar-refractivity contribution in [2.24, 2.45) is 5.41 Å². The number of carbonyl (C=O) groups excluding carboxylic acids is 1. The number of aliphatic carboxylic acids is 1. The van der Waals surface area contributed by atoms with Crippen LogP contribution in [0.15, 0.2) is 0 Å². The number of nitrogens with one attached hydrogen (secondary N) is 1. The Labute approximate surface area is 115 Å². The maximum atomic E-state index is 12.1. The second-order valence-corrected chi connectivity index (χ2v) is 5.72. The highest BCUT2D eigenvalue weighted by molar-refractivity contribution is 5.79. The number of hydrogen-bond acceptors (Lipinski definition) is 3. The van der Waals surface area contributed by atoms with Gasteiger partial charge in [-0.25, -0.2) is 0 Å². The van der Waals surface area contributed by atoms with Crippen molar-refractivity contribution in [1.82, 2.24) is 10.2 Å². The van der Waals surface area contributed by atoms with E-state index in [1.54, 1.807) is 4.90 Å². The average Bonchev–Trinajstić information content (AvgIpc) is 2.38. The molecule has 5 nitrogen and oxygen atoms in total. The number of nitrogens with zero attached hydrogens (tertiary/aromatic N) is 1. The average molecular weight is 270 g/mol. The molecule has 19 heavy (non-hydrogen) atoms. The van der Waals surface area contributed by atoms with Crippen LogP contribution >= 0.6 is 0 Å². The number of carbonyl (C=O) groups is 2. The molecule has 1 saturated heterocycles. The molecule has 0 aliphatic carbocycles. The van der Waals surface area contributed by atoms with E-state index < -0.39 is 11.4 Å². The number of hydrogen-bond donors (Lipinski definition) is 2. The van der Waals surface area contributed by atoms with Crippen molar-refractivity contribution >= 4 is 11.9 Å². The third-order valence-electron chi connectivity index (χ3n) is 3.95. The van der Waals surface area contributed by atoms with Gasteiger partial charge in [0.25, 0.3) is 0 Å². The van der Waals surface area contributed by atoms with Crippen LogP contribution in [-0.2, 0) is 9.59 Å². The lowest BCUT2D eigenvalue weighted by Crippen LogP contribution is -2.50. The molecule has 1 aliphatic heterocycles. The van der Waals surface area contributed by atoms with Crippen molar-refractivity contribution in [3.63, 3.8) is 0 Å². The zero-order valence-electron chi connectivity index (χ0n) is 12.2. The largest absolute Gasteiger partial charge is 0.481 e. The molecule has 0 spiro atoms. The van der Waals surface area contributed by atoms with Crippen LogP contribution in [0, 0.1) is 5.41 Å². The van der Waals surface area contributed by atoms with Gasteiger partial charge < -0.3 is 15.3 Å². The molecule has 5 heteroatoms. The summed E-state index contributed by atoms with van der Waals surface area (Å²) in [5.74, 6) is -0.709. The fraction of sp³-hybridized carbons (Fsp3) is 0.857. The van der Waals surface area contributed by atoms with Crippen molar-refractivity contribution in [2.75, 3.05) is 19.6 Å². The summed E-state index contributed by atoms with van der Waals surface area (Å²) in [6.07, 6.45) is 2.48. The van der Waals surface area contributed by atoms with Crippen LogP contribution in [-0.4, -0.2) is 47.6 Å². The summed E-state index contributed by atoms with van der Waals surface area (Å²) < 4.78 is 0. The first kappa shape index (κ1) is 16.0. The van der Waals surface area contributed by atoms with Crippen LogP contribution in [0.1, 0.15) is 46.5 Å². The molecule has 1 heterocycles. The van der Waals surface area contributed by atoms with Crippen molar-refractivity contribution in [1.29, 1.82) is 0 Å². The zero-order valence-corrected chi connectivity index (χ0v) is 12.2. The molecule has 1 aliphatic rings. The standard InChI is InChI=1S/C14H26N2O3/c1-4-14(13(18)19)7-5-9-16(10-14)12(17)6-8-15-11(2)3/h11,15H,4-10H2,1-3H3,(H,18,19). The Morgan fingerprint density at radius 2 is 2.11 bits per heavy atom. The second-order valence-electron chi connectivity index (χ2n) is 5.72. The Hall–Kier alpha value is -1.10. The van der Waals surface area contributed by atoms with E-state index in [-0.39, 0.29) is 5.91 Å². The minimum Gasteiger partial charge on any atom is -0.481 e. The lowest BCUT2D eigenvalue weighted by atomic mass is 9.77. The lowest BCUT2D eigenvalue weighted by Gasteiger charge is -2.39. The molecule has 1 fully saturated rings. The van der Waals surface area contributed by atoms with Gasteiger partial charge in [-0.15, -0.1) is 0 Å². The van der Waals surface area contributed by atoms with Gasteiger partial charge in [0.05, 0.1) is 5.41 Å². The highest BCUT2D eigenvalue weighted by Gasteiger charge is 2.41. The minimum absolute atomic E-state index is 0.0620. The second kappa shape index (κ2) is 6.89. The monoisotopic (exact) mass is 270 g/mol. The highest BCUT2D eigenvalue weighted by atomic mass is 16.4. The SMILES string of the molecule is CCC1(C(=O)O)CCCN(C(=O)CCNC(C)C)C1. The smallest absolute Gasteiger partial charge is 0.311 e. The van der Waals surface area contributed by atoms with E-state index in [1.165, 1.54) is 0 Å². The maximum Gasteiger partial charge on any atom is 0.311 e.